The van der Waals surface area contributed by atoms with Crippen LogP contribution in [0.2, 0.25) is 0 Å². The molecule has 20 heavy (non-hydrogen) atoms. The van der Waals surface area contributed by atoms with Crippen molar-refractivity contribution >= 4 is 5.69 Å². The fourth-order valence-electron chi connectivity index (χ4n) is 2.42. The van der Waals surface area contributed by atoms with E-state index in [1.54, 1.807) is 13.2 Å². The highest BCUT2D eigenvalue weighted by Gasteiger charge is 2.27. The topological polar surface area (TPSA) is 30.5 Å². The van der Waals surface area contributed by atoms with Crippen LogP contribution in [0.5, 0.6) is 11.5 Å². The van der Waals surface area contributed by atoms with Crippen molar-refractivity contribution in [1.29, 1.82) is 0 Å². The van der Waals surface area contributed by atoms with E-state index in [9.17, 15) is 4.39 Å². The number of rotatable bonds is 2. The zero-order chi connectivity index (χ0) is 14.1. The minimum absolute atomic E-state index is 0.0985. The maximum atomic E-state index is 13.3. The molecule has 0 aliphatic carbocycles. The van der Waals surface area contributed by atoms with Gasteiger partial charge in [-0.25, -0.2) is 4.39 Å². The van der Waals surface area contributed by atoms with Crippen molar-refractivity contribution in [3.8, 4) is 11.5 Å². The SMILES string of the molecule is COc1ccc(C2Oc3cc(F)ccc3NC2C)cc1. The lowest BCUT2D eigenvalue weighted by Gasteiger charge is -2.33. The molecule has 2 aromatic rings. The van der Waals surface area contributed by atoms with Crippen LogP contribution in [-0.4, -0.2) is 13.2 Å². The highest BCUT2D eigenvalue weighted by Crippen LogP contribution is 2.37. The minimum atomic E-state index is -0.298. The molecule has 2 unspecified atom stereocenters. The monoisotopic (exact) mass is 273 g/mol. The van der Waals surface area contributed by atoms with Crippen molar-refractivity contribution in [2.45, 2.75) is 19.1 Å². The number of methoxy groups -OCH3 is 1. The molecule has 2 aromatic carbocycles. The van der Waals surface area contributed by atoms with Gasteiger partial charge in [0.1, 0.15) is 23.4 Å². The van der Waals surface area contributed by atoms with Crippen LogP contribution in [0.4, 0.5) is 10.1 Å². The van der Waals surface area contributed by atoms with E-state index in [-0.39, 0.29) is 18.0 Å². The second kappa shape index (κ2) is 5.04. The number of anilines is 1. The summed E-state index contributed by atoms with van der Waals surface area (Å²) >= 11 is 0. The van der Waals surface area contributed by atoms with Gasteiger partial charge in [0.15, 0.2) is 0 Å². The Bertz CT molecular complexity index is 612. The molecule has 0 amide bonds. The lowest BCUT2D eigenvalue weighted by molar-refractivity contribution is 0.177. The van der Waals surface area contributed by atoms with Crippen LogP contribution < -0.4 is 14.8 Å². The molecular formula is C16H16FNO2. The maximum absolute atomic E-state index is 13.3. The highest BCUT2D eigenvalue weighted by molar-refractivity contribution is 5.59. The third kappa shape index (κ3) is 2.29. The summed E-state index contributed by atoms with van der Waals surface area (Å²) in [6.45, 7) is 2.04. The Kier molecular flexibility index (Phi) is 3.22. The second-order valence-corrected chi connectivity index (χ2v) is 4.89. The molecule has 0 saturated carbocycles. The third-order valence-electron chi connectivity index (χ3n) is 3.48. The molecule has 3 rings (SSSR count). The summed E-state index contributed by atoms with van der Waals surface area (Å²) in [6, 6.07) is 12.4. The van der Waals surface area contributed by atoms with Crippen molar-refractivity contribution in [3.63, 3.8) is 0 Å². The third-order valence-corrected chi connectivity index (χ3v) is 3.48. The Morgan fingerprint density at radius 3 is 2.60 bits per heavy atom. The van der Waals surface area contributed by atoms with Gasteiger partial charge in [-0.15, -0.1) is 0 Å². The van der Waals surface area contributed by atoms with Crippen LogP contribution >= 0.6 is 0 Å². The largest absolute Gasteiger partial charge is 0.497 e. The Labute approximate surface area is 117 Å². The van der Waals surface area contributed by atoms with E-state index in [0.29, 0.717) is 5.75 Å². The first-order valence-corrected chi connectivity index (χ1v) is 6.54. The van der Waals surface area contributed by atoms with Crippen LogP contribution in [0.1, 0.15) is 18.6 Å². The fraction of sp³-hybridized carbons (Fsp3) is 0.250. The first-order valence-electron chi connectivity index (χ1n) is 6.54. The highest BCUT2D eigenvalue weighted by atomic mass is 19.1. The van der Waals surface area contributed by atoms with Gasteiger partial charge in [-0.1, -0.05) is 12.1 Å². The van der Waals surface area contributed by atoms with E-state index in [2.05, 4.69) is 5.32 Å². The molecule has 0 aromatic heterocycles. The van der Waals surface area contributed by atoms with E-state index in [1.165, 1.54) is 12.1 Å². The quantitative estimate of drug-likeness (QED) is 0.903. The number of ether oxygens (including phenoxy) is 2. The number of hydrogen-bond acceptors (Lipinski definition) is 3. The molecule has 1 heterocycles. The van der Waals surface area contributed by atoms with Crippen molar-refractivity contribution in [3.05, 3.63) is 53.8 Å². The molecule has 0 spiro atoms. The number of nitrogens with one attached hydrogen (secondary N) is 1. The van der Waals surface area contributed by atoms with Crippen LogP contribution in [0.15, 0.2) is 42.5 Å². The van der Waals surface area contributed by atoms with E-state index >= 15 is 0 Å². The Hall–Kier alpha value is -2.23. The van der Waals surface area contributed by atoms with E-state index in [4.69, 9.17) is 9.47 Å². The Morgan fingerprint density at radius 2 is 1.90 bits per heavy atom. The number of fused-ring (bicyclic) bond motifs is 1. The molecule has 0 bridgehead atoms. The molecule has 2 atom stereocenters. The lowest BCUT2D eigenvalue weighted by atomic mass is 10.0. The molecular weight excluding hydrogens is 257 g/mol. The van der Waals surface area contributed by atoms with E-state index in [1.807, 2.05) is 31.2 Å². The van der Waals surface area contributed by atoms with Crippen molar-refractivity contribution in [2.75, 3.05) is 12.4 Å². The molecule has 0 radical (unpaired) electrons. The molecule has 104 valence electrons. The standard InChI is InChI=1S/C16H16FNO2/c1-10-16(11-3-6-13(19-2)7-4-11)20-15-9-12(17)5-8-14(15)18-10/h3-10,16,18H,1-2H3. The van der Waals surface area contributed by atoms with Crippen molar-refractivity contribution in [2.24, 2.45) is 0 Å². The lowest BCUT2D eigenvalue weighted by Crippen LogP contribution is -2.32. The fourth-order valence-corrected chi connectivity index (χ4v) is 2.42. The summed E-state index contributed by atoms with van der Waals surface area (Å²) in [5.74, 6) is 1.05. The number of halogens is 1. The Morgan fingerprint density at radius 1 is 1.15 bits per heavy atom. The molecule has 1 N–H and O–H groups in total. The minimum Gasteiger partial charge on any atom is -0.497 e. The van der Waals surface area contributed by atoms with Gasteiger partial charge in [0.05, 0.1) is 18.8 Å². The summed E-state index contributed by atoms with van der Waals surface area (Å²) in [6.07, 6.45) is -0.157. The summed E-state index contributed by atoms with van der Waals surface area (Å²) in [5.41, 5.74) is 1.85. The van der Waals surface area contributed by atoms with Gasteiger partial charge in [-0.3, -0.25) is 0 Å². The van der Waals surface area contributed by atoms with Gasteiger partial charge in [0, 0.05) is 6.07 Å². The predicted molar refractivity (Wildman–Crippen MR) is 75.8 cm³/mol. The molecule has 1 aliphatic heterocycles. The predicted octanol–water partition coefficient (Wildman–Crippen LogP) is 3.77. The molecule has 3 nitrogen and oxygen atoms in total. The normalized spacial score (nSPS) is 20.6. The summed E-state index contributed by atoms with van der Waals surface area (Å²) in [5, 5.41) is 3.34. The second-order valence-electron chi connectivity index (χ2n) is 4.89. The number of hydrogen-bond donors (Lipinski definition) is 1. The van der Waals surface area contributed by atoms with Crippen molar-refractivity contribution in [1.82, 2.24) is 0 Å². The van der Waals surface area contributed by atoms with Gasteiger partial charge in [0.25, 0.3) is 0 Å². The summed E-state index contributed by atoms with van der Waals surface area (Å²) in [7, 11) is 1.63. The van der Waals surface area contributed by atoms with Gasteiger partial charge >= 0.3 is 0 Å². The number of benzene rings is 2. The zero-order valence-electron chi connectivity index (χ0n) is 11.4. The molecule has 0 fully saturated rings. The van der Waals surface area contributed by atoms with Gasteiger partial charge in [-0.2, -0.15) is 0 Å². The summed E-state index contributed by atoms with van der Waals surface area (Å²) in [4.78, 5) is 0. The van der Waals surface area contributed by atoms with Crippen LogP contribution in [0, 0.1) is 5.82 Å². The smallest absolute Gasteiger partial charge is 0.146 e. The zero-order valence-corrected chi connectivity index (χ0v) is 11.4. The molecule has 1 aliphatic rings. The van der Waals surface area contributed by atoms with E-state index in [0.717, 1.165) is 17.0 Å². The van der Waals surface area contributed by atoms with Gasteiger partial charge in [-0.05, 0) is 36.8 Å². The van der Waals surface area contributed by atoms with Crippen LogP contribution in [0.25, 0.3) is 0 Å². The first-order chi connectivity index (χ1) is 9.67. The van der Waals surface area contributed by atoms with E-state index < -0.39 is 0 Å². The van der Waals surface area contributed by atoms with Crippen LogP contribution in [-0.2, 0) is 0 Å². The average molecular weight is 273 g/mol. The van der Waals surface area contributed by atoms with Crippen LogP contribution in [0.3, 0.4) is 0 Å². The summed E-state index contributed by atoms with van der Waals surface area (Å²) < 4.78 is 24.4. The maximum Gasteiger partial charge on any atom is 0.146 e. The van der Waals surface area contributed by atoms with Crippen molar-refractivity contribution < 1.29 is 13.9 Å². The average Bonchev–Trinajstić information content (AvgIpc) is 2.47. The molecule has 4 heteroatoms. The molecule has 0 saturated heterocycles. The Balaban J connectivity index is 1.90. The van der Waals surface area contributed by atoms with Gasteiger partial charge < -0.3 is 14.8 Å². The van der Waals surface area contributed by atoms with Gasteiger partial charge in [0.2, 0.25) is 0 Å². The first kappa shape index (κ1) is 12.8.